The predicted molar refractivity (Wildman–Crippen MR) is 99.7 cm³/mol. The summed E-state index contributed by atoms with van der Waals surface area (Å²) in [5.74, 6) is 2.86. The lowest BCUT2D eigenvalue weighted by Crippen LogP contribution is -2.41. The van der Waals surface area contributed by atoms with E-state index in [0.717, 1.165) is 42.5 Å². The monoisotopic (exact) mass is 360 g/mol. The van der Waals surface area contributed by atoms with E-state index in [0.29, 0.717) is 17.7 Å². The zero-order valence-electron chi connectivity index (χ0n) is 16.1. The van der Waals surface area contributed by atoms with Crippen LogP contribution in [0, 0.1) is 6.92 Å². The highest BCUT2D eigenvalue weighted by Crippen LogP contribution is 2.34. The summed E-state index contributed by atoms with van der Waals surface area (Å²) in [6, 6.07) is 6.07. The van der Waals surface area contributed by atoms with Crippen LogP contribution in [0.5, 0.6) is 11.5 Å². The summed E-state index contributed by atoms with van der Waals surface area (Å²) in [4.78, 5) is 7.22. The number of oxazole rings is 1. The Morgan fingerprint density at radius 2 is 2.04 bits per heavy atom. The molecule has 142 valence electrons. The Hall–Kier alpha value is -2.05. The van der Waals surface area contributed by atoms with Crippen molar-refractivity contribution in [1.82, 2.24) is 9.88 Å². The van der Waals surface area contributed by atoms with Crippen molar-refractivity contribution in [3.63, 3.8) is 0 Å². The molecule has 0 N–H and O–H groups in total. The van der Waals surface area contributed by atoms with E-state index in [2.05, 4.69) is 4.90 Å². The fourth-order valence-electron chi connectivity index (χ4n) is 3.51. The number of hydrogen-bond donors (Lipinski definition) is 0. The van der Waals surface area contributed by atoms with Gasteiger partial charge >= 0.3 is 0 Å². The molecule has 0 spiro atoms. The number of benzene rings is 1. The van der Waals surface area contributed by atoms with Gasteiger partial charge in [0, 0.05) is 19.7 Å². The summed E-state index contributed by atoms with van der Waals surface area (Å²) >= 11 is 0. The molecule has 0 amide bonds. The average Bonchev–Trinajstić information content (AvgIpc) is 3.03. The number of hydrogen-bond acceptors (Lipinski definition) is 6. The number of aryl methyl sites for hydroxylation is 1. The maximum Gasteiger partial charge on any atom is 0.230 e. The van der Waals surface area contributed by atoms with Gasteiger partial charge in [-0.05, 0) is 44.5 Å². The molecule has 0 bridgehead atoms. The molecule has 0 aliphatic carbocycles. The van der Waals surface area contributed by atoms with Gasteiger partial charge in [-0.15, -0.1) is 0 Å². The van der Waals surface area contributed by atoms with Crippen molar-refractivity contribution < 1.29 is 18.6 Å². The Morgan fingerprint density at radius 3 is 2.77 bits per heavy atom. The standard InChI is InChI=1S/C20H28N2O4/c1-14-18(12-22-10-6-5-7-15(22)13-23-2)21-20(26-14)17-11-16(24-3)8-9-19(17)25-4/h8-9,11,15H,5-7,10,12-13H2,1-4H3. The summed E-state index contributed by atoms with van der Waals surface area (Å²) < 4.78 is 22.2. The number of likely N-dealkylation sites (tertiary alicyclic amines) is 1. The maximum absolute atomic E-state index is 5.97. The smallest absolute Gasteiger partial charge is 0.230 e. The van der Waals surface area contributed by atoms with Crippen molar-refractivity contribution >= 4 is 0 Å². The number of aromatic nitrogens is 1. The molecule has 6 heteroatoms. The van der Waals surface area contributed by atoms with E-state index < -0.39 is 0 Å². The van der Waals surface area contributed by atoms with Crippen LogP contribution in [0.15, 0.2) is 22.6 Å². The van der Waals surface area contributed by atoms with Gasteiger partial charge in [0.05, 0.1) is 32.1 Å². The molecule has 3 rings (SSSR count). The van der Waals surface area contributed by atoms with Crippen LogP contribution < -0.4 is 9.47 Å². The molecular formula is C20H28N2O4. The van der Waals surface area contributed by atoms with Crippen molar-refractivity contribution in [2.45, 2.75) is 38.8 Å². The largest absolute Gasteiger partial charge is 0.497 e. The third kappa shape index (κ3) is 4.02. The van der Waals surface area contributed by atoms with Crippen LogP contribution in [0.3, 0.4) is 0 Å². The molecule has 2 aromatic rings. The lowest BCUT2D eigenvalue weighted by Gasteiger charge is -2.34. The average molecular weight is 360 g/mol. The summed E-state index contributed by atoms with van der Waals surface area (Å²) in [6.45, 7) is 4.56. The summed E-state index contributed by atoms with van der Waals surface area (Å²) in [5, 5.41) is 0. The summed E-state index contributed by atoms with van der Waals surface area (Å²) in [6.07, 6.45) is 3.64. The Bertz CT molecular complexity index is 727. The van der Waals surface area contributed by atoms with E-state index in [4.69, 9.17) is 23.6 Å². The van der Waals surface area contributed by atoms with Crippen LogP contribution in [-0.4, -0.2) is 50.4 Å². The first kappa shape index (κ1) is 18.7. The zero-order chi connectivity index (χ0) is 18.5. The quantitative estimate of drug-likeness (QED) is 0.751. The highest BCUT2D eigenvalue weighted by molar-refractivity contribution is 5.65. The molecule has 2 heterocycles. The normalized spacial score (nSPS) is 18.1. The molecule has 1 atom stereocenters. The minimum atomic E-state index is 0.444. The number of rotatable bonds is 7. The Balaban J connectivity index is 1.85. The van der Waals surface area contributed by atoms with Crippen LogP contribution in [-0.2, 0) is 11.3 Å². The molecule has 1 saturated heterocycles. The summed E-state index contributed by atoms with van der Waals surface area (Å²) in [5.41, 5.74) is 1.76. The highest BCUT2D eigenvalue weighted by Gasteiger charge is 2.25. The molecule has 6 nitrogen and oxygen atoms in total. The Labute approximate surface area is 155 Å². The Morgan fingerprint density at radius 1 is 1.19 bits per heavy atom. The first-order valence-electron chi connectivity index (χ1n) is 9.08. The van der Waals surface area contributed by atoms with Gasteiger partial charge in [-0.1, -0.05) is 6.42 Å². The van der Waals surface area contributed by atoms with Crippen LogP contribution in [0.2, 0.25) is 0 Å². The molecule has 1 unspecified atom stereocenters. The number of ether oxygens (including phenoxy) is 3. The molecule has 1 aliphatic heterocycles. The van der Waals surface area contributed by atoms with E-state index in [9.17, 15) is 0 Å². The van der Waals surface area contributed by atoms with Crippen LogP contribution >= 0.6 is 0 Å². The lowest BCUT2D eigenvalue weighted by molar-refractivity contribution is 0.0590. The first-order chi connectivity index (χ1) is 12.7. The number of methoxy groups -OCH3 is 3. The molecule has 0 radical (unpaired) electrons. The van der Waals surface area contributed by atoms with Crippen molar-refractivity contribution in [1.29, 1.82) is 0 Å². The van der Waals surface area contributed by atoms with Crippen molar-refractivity contribution in [2.75, 3.05) is 34.5 Å². The number of piperidine rings is 1. The highest BCUT2D eigenvalue weighted by atomic mass is 16.5. The topological polar surface area (TPSA) is 57.0 Å². The second-order valence-electron chi connectivity index (χ2n) is 6.66. The molecule has 0 saturated carbocycles. The van der Waals surface area contributed by atoms with Crippen LogP contribution in [0.4, 0.5) is 0 Å². The first-order valence-corrected chi connectivity index (χ1v) is 9.08. The van der Waals surface area contributed by atoms with Gasteiger partial charge in [-0.3, -0.25) is 4.90 Å². The number of nitrogens with zero attached hydrogens (tertiary/aromatic N) is 2. The van der Waals surface area contributed by atoms with Gasteiger partial charge in [0.15, 0.2) is 0 Å². The minimum absolute atomic E-state index is 0.444. The Kier molecular flexibility index (Phi) is 6.16. The van der Waals surface area contributed by atoms with Crippen LogP contribution in [0.25, 0.3) is 11.5 Å². The van der Waals surface area contributed by atoms with Gasteiger partial charge < -0.3 is 18.6 Å². The SMILES string of the molecule is COCC1CCCCN1Cc1nc(-c2cc(OC)ccc2OC)oc1C. The second-order valence-corrected chi connectivity index (χ2v) is 6.66. The predicted octanol–water partition coefficient (Wildman–Crippen LogP) is 3.67. The van der Waals surface area contributed by atoms with E-state index in [1.165, 1.54) is 19.3 Å². The van der Waals surface area contributed by atoms with E-state index in [1.54, 1.807) is 21.3 Å². The molecular weight excluding hydrogens is 332 g/mol. The molecule has 1 aromatic heterocycles. The molecule has 1 aromatic carbocycles. The minimum Gasteiger partial charge on any atom is -0.497 e. The van der Waals surface area contributed by atoms with E-state index in [-0.39, 0.29) is 0 Å². The van der Waals surface area contributed by atoms with E-state index >= 15 is 0 Å². The van der Waals surface area contributed by atoms with Gasteiger partial charge in [0.1, 0.15) is 17.3 Å². The van der Waals surface area contributed by atoms with Gasteiger partial charge in [0.2, 0.25) is 5.89 Å². The molecule has 1 fully saturated rings. The maximum atomic E-state index is 5.97. The van der Waals surface area contributed by atoms with Crippen molar-refractivity contribution in [2.24, 2.45) is 0 Å². The van der Waals surface area contributed by atoms with Gasteiger partial charge in [0.25, 0.3) is 0 Å². The zero-order valence-corrected chi connectivity index (χ0v) is 16.1. The fourth-order valence-corrected chi connectivity index (χ4v) is 3.51. The third-order valence-corrected chi connectivity index (χ3v) is 4.99. The summed E-state index contributed by atoms with van der Waals surface area (Å²) in [7, 11) is 5.05. The molecule has 26 heavy (non-hydrogen) atoms. The fraction of sp³-hybridized carbons (Fsp3) is 0.550. The van der Waals surface area contributed by atoms with E-state index in [1.807, 2.05) is 25.1 Å². The lowest BCUT2D eigenvalue weighted by atomic mass is 10.0. The van der Waals surface area contributed by atoms with Crippen molar-refractivity contribution in [3.05, 3.63) is 29.7 Å². The van der Waals surface area contributed by atoms with Gasteiger partial charge in [-0.2, -0.15) is 0 Å². The second kappa shape index (κ2) is 8.56. The molecule has 1 aliphatic rings. The third-order valence-electron chi connectivity index (χ3n) is 4.99. The van der Waals surface area contributed by atoms with Crippen molar-refractivity contribution in [3.8, 4) is 23.0 Å². The van der Waals surface area contributed by atoms with Crippen LogP contribution in [0.1, 0.15) is 30.7 Å². The van der Waals surface area contributed by atoms with Gasteiger partial charge in [-0.25, -0.2) is 4.98 Å².